The predicted molar refractivity (Wildman–Crippen MR) is 130 cm³/mol. The number of benzene rings is 4. The summed E-state index contributed by atoms with van der Waals surface area (Å²) in [6.07, 6.45) is 0.852. The van der Waals surface area contributed by atoms with E-state index in [4.69, 9.17) is 9.47 Å². The van der Waals surface area contributed by atoms with Crippen LogP contribution in [0.5, 0.6) is 11.5 Å². The van der Waals surface area contributed by atoms with Crippen molar-refractivity contribution in [3.63, 3.8) is 0 Å². The summed E-state index contributed by atoms with van der Waals surface area (Å²) in [4.78, 5) is 12.9. The van der Waals surface area contributed by atoms with Gasteiger partial charge in [0.2, 0.25) is 0 Å². The molecule has 0 saturated carbocycles. The molecule has 4 aromatic carbocycles. The highest BCUT2D eigenvalue weighted by molar-refractivity contribution is 6.04. The van der Waals surface area contributed by atoms with Gasteiger partial charge in [-0.15, -0.1) is 0 Å². The van der Waals surface area contributed by atoms with Crippen LogP contribution in [0.2, 0.25) is 0 Å². The van der Waals surface area contributed by atoms with Gasteiger partial charge in [0.15, 0.2) is 0 Å². The van der Waals surface area contributed by atoms with Crippen LogP contribution in [-0.4, -0.2) is 12.5 Å². The molecule has 0 aromatic heterocycles. The SMILES string of the molecule is CCOc1ccc(C(=O)Nc2ccccc2CC)cc1COc1ccc2ccccc2c1. The zero-order valence-corrected chi connectivity index (χ0v) is 18.4. The van der Waals surface area contributed by atoms with Crippen LogP contribution in [0.25, 0.3) is 10.8 Å². The molecule has 0 bridgehead atoms. The number of ether oxygens (including phenoxy) is 2. The normalized spacial score (nSPS) is 10.7. The minimum Gasteiger partial charge on any atom is -0.493 e. The molecule has 162 valence electrons. The van der Waals surface area contributed by atoms with Crippen LogP contribution in [0.15, 0.2) is 84.9 Å². The van der Waals surface area contributed by atoms with Gasteiger partial charge in [0.1, 0.15) is 18.1 Å². The maximum Gasteiger partial charge on any atom is 0.255 e. The highest BCUT2D eigenvalue weighted by Crippen LogP contribution is 2.26. The van der Waals surface area contributed by atoms with Crippen LogP contribution in [0.1, 0.15) is 35.3 Å². The second-order valence-electron chi connectivity index (χ2n) is 7.52. The van der Waals surface area contributed by atoms with Gasteiger partial charge in [-0.05, 0) is 66.1 Å². The van der Waals surface area contributed by atoms with Crippen molar-refractivity contribution in [2.75, 3.05) is 11.9 Å². The fraction of sp³-hybridized carbons (Fsp3) is 0.179. The molecule has 32 heavy (non-hydrogen) atoms. The lowest BCUT2D eigenvalue weighted by molar-refractivity contribution is 0.102. The van der Waals surface area contributed by atoms with Crippen molar-refractivity contribution in [2.45, 2.75) is 26.9 Å². The second-order valence-corrected chi connectivity index (χ2v) is 7.52. The maximum absolute atomic E-state index is 12.9. The number of hydrogen-bond donors (Lipinski definition) is 1. The fourth-order valence-corrected chi connectivity index (χ4v) is 3.69. The molecule has 4 heteroatoms. The lowest BCUT2D eigenvalue weighted by Crippen LogP contribution is -2.14. The van der Waals surface area contributed by atoms with Gasteiger partial charge < -0.3 is 14.8 Å². The second kappa shape index (κ2) is 10.0. The molecule has 0 aliphatic rings. The molecule has 1 N–H and O–H groups in total. The smallest absolute Gasteiger partial charge is 0.255 e. The Hall–Kier alpha value is -3.79. The number of fused-ring (bicyclic) bond motifs is 1. The summed E-state index contributed by atoms with van der Waals surface area (Å²) in [5, 5.41) is 5.32. The topological polar surface area (TPSA) is 47.6 Å². The first-order valence-electron chi connectivity index (χ1n) is 10.9. The van der Waals surface area contributed by atoms with E-state index in [1.54, 1.807) is 6.07 Å². The molecule has 0 radical (unpaired) electrons. The molecule has 1 amide bonds. The minimum atomic E-state index is -0.152. The van der Waals surface area contributed by atoms with Gasteiger partial charge >= 0.3 is 0 Å². The molecule has 0 spiro atoms. The van der Waals surface area contributed by atoms with Crippen molar-refractivity contribution in [3.8, 4) is 11.5 Å². The van der Waals surface area contributed by atoms with Gasteiger partial charge in [-0.25, -0.2) is 0 Å². The zero-order chi connectivity index (χ0) is 22.3. The van der Waals surface area contributed by atoms with Crippen molar-refractivity contribution < 1.29 is 14.3 Å². The number of hydrogen-bond acceptors (Lipinski definition) is 3. The van der Waals surface area contributed by atoms with Crippen LogP contribution in [0, 0.1) is 0 Å². The molecular weight excluding hydrogens is 398 g/mol. The number of para-hydroxylation sites is 1. The average Bonchev–Trinajstić information content (AvgIpc) is 2.83. The Bertz CT molecular complexity index is 1230. The minimum absolute atomic E-state index is 0.152. The predicted octanol–water partition coefficient (Wildman–Crippen LogP) is 6.63. The molecule has 0 heterocycles. The molecule has 0 unspecified atom stereocenters. The van der Waals surface area contributed by atoms with E-state index in [-0.39, 0.29) is 5.91 Å². The third kappa shape index (κ3) is 4.92. The fourth-order valence-electron chi connectivity index (χ4n) is 3.69. The number of carbonyl (C=O) groups is 1. The standard InChI is InChI=1S/C28H27NO3/c1-3-20-9-7-8-12-26(20)29-28(30)23-14-16-27(31-4-2)24(17-23)19-32-25-15-13-21-10-5-6-11-22(21)18-25/h5-18H,3-4,19H2,1-2H3,(H,29,30). The number of amides is 1. The first-order valence-corrected chi connectivity index (χ1v) is 10.9. The van der Waals surface area contributed by atoms with E-state index < -0.39 is 0 Å². The summed E-state index contributed by atoms with van der Waals surface area (Å²) >= 11 is 0. The van der Waals surface area contributed by atoms with Crippen molar-refractivity contribution in [1.29, 1.82) is 0 Å². The lowest BCUT2D eigenvalue weighted by Gasteiger charge is -2.14. The molecule has 4 nitrogen and oxygen atoms in total. The Morgan fingerprint density at radius 3 is 2.38 bits per heavy atom. The van der Waals surface area contributed by atoms with Crippen LogP contribution >= 0.6 is 0 Å². The van der Waals surface area contributed by atoms with Gasteiger partial charge in [0, 0.05) is 16.8 Å². The Balaban J connectivity index is 1.54. The van der Waals surface area contributed by atoms with E-state index in [9.17, 15) is 4.79 Å². The van der Waals surface area contributed by atoms with Gasteiger partial charge in [-0.1, -0.05) is 55.5 Å². The highest BCUT2D eigenvalue weighted by atomic mass is 16.5. The molecule has 0 aliphatic heterocycles. The van der Waals surface area contributed by atoms with Gasteiger partial charge in [-0.3, -0.25) is 4.79 Å². The Labute approximate surface area is 188 Å². The number of carbonyl (C=O) groups excluding carboxylic acids is 1. The van der Waals surface area contributed by atoms with Crippen molar-refractivity contribution >= 4 is 22.4 Å². The van der Waals surface area contributed by atoms with Crippen molar-refractivity contribution in [2.24, 2.45) is 0 Å². The summed E-state index contributed by atoms with van der Waals surface area (Å²) in [5.41, 5.74) is 3.34. The van der Waals surface area contributed by atoms with E-state index in [0.29, 0.717) is 18.8 Å². The number of nitrogens with one attached hydrogen (secondary N) is 1. The first-order chi connectivity index (χ1) is 15.7. The number of anilines is 1. The van der Waals surface area contributed by atoms with Crippen LogP contribution in [-0.2, 0) is 13.0 Å². The molecule has 4 aromatic rings. The molecule has 0 atom stereocenters. The lowest BCUT2D eigenvalue weighted by atomic mass is 10.1. The first kappa shape index (κ1) is 21.4. The average molecular weight is 426 g/mol. The molecule has 0 saturated heterocycles. The summed E-state index contributed by atoms with van der Waals surface area (Å²) in [6, 6.07) is 27.5. The van der Waals surface area contributed by atoms with Crippen LogP contribution in [0.4, 0.5) is 5.69 Å². The third-order valence-electron chi connectivity index (χ3n) is 5.38. The van der Waals surface area contributed by atoms with Crippen LogP contribution < -0.4 is 14.8 Å². The summed E-state index contributed by atoms with van der Waals surface area (Å²) in [5.74, 6) is 1.34. The Morgan fingerprint density at radius 1 is 0.781 bits per heavy atom. The van der Waals surface area contributed by atoms with E-state index in [1.807, 2.05) is 73.7 Å². The molecule has 0 fully saturated rings. The Kier molecular flexibility index (Phi) is 6.71. The van der Waals surface area contributed by atoms with E-state index in [0.717, 1.165) is 40.1 Å². The summed E-state index contributed by atoms with van der Waals surface area (Å²) < 4.78 is 11.8. The van der Waals surface area contributed by atoms with Crippen molar-refractivity contribution in [3.05, 3.63) is 102 Å². The quantitative estimate of drug-likeness (QED) is 0.345. The van der Waals surface area contributed by atoms with Crippen molar-refractivity contribution in [1.82, 2.24) is 0 Å². The van der Waals surface area contributed by atoms with E-state index in [2.05, 4.69) is 24.4 Å². The molecule has 4 rings (SSSR count). The monoisotopic (exact) mass is 425 g/mol. The highest BCUT2D eigenvalue weighted by Gasteiger charge is 2.13. The van der Waals surface area contributed by atoms with E-state index >= 15 is 0 Å². The summed E-state index contributed by atoms with van der Waals surface area (Å²) in [6.45, 7) is 4.86. The molecule has 0 aliphatic carbocycles. The largest absolute Gasteiger partial charge is 0.493 e. The van der Waals surface area contributed by atoms with E-state index in [1.165, 1.54) is 5.39 Å². The third-order valence-corrected chi connectivity index (χ3v) is 5.38. The number of rotatable bonds is 8. The maximum atomic E-state index is 12.9. The van der Waals surface area contributed by atoms with Gasteiger partial charge in [0.25, 0.3) is 5.91 Å². The van der Waals surface area contributed by atoms with Gasteiger partial charge in [-0.2, -0.15) is 0 Å². The van der Waals surface area contributed by atoms with Crippen LogP contribution in [0.3, 0.4) is 0 Å². The molecular formula is C28H27NO3. The summed E-state index contributed by atoms with van der Waals surface area (Å²) in [7, 11) is 0. The van der Waals surface area contributed by atoms with Gasteiger partial charge in [0.05, 0.1) is 6.61 Å². The number of aryl methyl sites for hydroxylation is 1. The zero-order valence-electron chi connectivity index (χ0n) is 18.4. The Morgan fingerprint density at radius 2 is 1.56 bits per heavy atom.